The van der Waals surface area contributed by atoms with Crippen molar-refractivity contribution in [3.8, 4) is 0 Å². The summed E-state index contributed by atoms with van der Waals surface area (Å²) in [7, 11) is 1.98. The molecular weight excluding hydrogens is 254 g/mol. The molecule has 1 N–H and O–H groups in total. The van der Waals surface area contributed by atoms with Gasteiger partial charge in [-0.3, -0.25) is 9.80 Å². The van der Waals surface area contributed by atoms with Crippen LogP contribution in [0.25, 0.3) is 0 Å². The molecule has 0 aromatic carbocycles. The summed E-state index contributed by atoms with van der Waals surface area (Å²) in [5.74, 6) is 0.733. The van der Waals surface area contributed by atoms with Crippen molar-refractivity contribution in [3.63, 3.8) is 0 Å². The third kappa shape index (κ3) is 5.30. The molecule has 0 aromatic rings. The zero-order valence-corrected chi connectivity index (χ0v) is 13.3. The zero-order valence-electron chi connectivity index (χ0n) is 13.3. The maximum atomic E-state index is 5.95. The summed E-state index contributed by atoms with van der Waals surface area (Å²) in [6.45, 7) is 13.7. The van der Waals surface area contributed by atoms with Crippen LogP contribution in [0.3, 0.4) is 0 Å². The van der Waals surface area contributed by atoms with Gasteiger partial charge in [0, 0.05) is 45.8 Å². The molecule has 0 aromatic heterocycles. The minimum absolute atomic E-state index is 0.323. The zero-order chi connectivity index (χ0) is 14.4. The second-order valence-electron chi connectivity index (χ2n) is 6.46. The molecule has 2 atom stereocenters. The van der Waals surface area contributed by atoms with Crippen LogP contribution in [0.15, 0.2) is 0 Å². The minimum Gasteiger partial charge on any atom is -0.374 e. The van der Waals surface area contributed by atoms with Crippen LogP contribution in [-0.2, 0) is 9.47 Å². The van der Waals surface area contributed by atoms with Gasteiger partial charge in [0.25, 0.3) is 0 Å². The number of hydrogen-bond acceptors (Lipinski definition) is 5. The van der Waals surface area contributed by atoms with E-state index in [9.17, 15) is 0 Å². The lowest BCUT2D eigenvalue weighted by molar-refractivity contribution is -0.0747. The third-order valence-corrected chi connectivity index (χ3v) is 3.96. The van der Waals surface area contributed by atoms with Crippen LogP contribution >= 0.6 is 0 Å². The fourth-order valence-corrected chi connectivity index (χ4v) is 3.16. The lowest BCUT2D eigenvalue weighted by Gasteiger charge is -2.39. The van der Waals surface area contributed by atoms with Crippen molar-refractivity contribution in [2.24, 2.45) is 5.92 Å². The van der Waals surface area contributed by atoms with Crippen molar-refractivity contribution < 1.29 is 9.47 Å². The van der Waals surface area contributed by atoms with Crippen LogP contribution in [0.5, 0.6) is 0 Å². The highest BCUT2D eigenvalue weighted by Crippen LogP contribution is 2.12. The number of hydrogen-bond donors (Lipinski definition) is 1. The number of morpholine rings is 2. The summed E-state index contributed by atoms with van der Waals surface area (Å²) in [6.07, 6.45) is 0.681. The predicted molar refractivity (Wildman–Crippen MR) is 81.1 cm³/mol. The van der Waals surface area contributed by atoms with Gasteiger partial charge in [-0.05, 0) is 13.0 Å². The molecule has 2 rings (SSSR count). The van der Waals surface area contributed by atoms with E-state index < -0.39 is 0 Å². The number of nitrogens with one attached hydrogen (secondary N) is 1. The number of rotatable bonds is 6. The van der Waals surface area contributed by atoms with Crippen molar-refractivity contribution in [3.05, 3.63) is 0 Å². The van der Waals surface area contributed by atoms with Crippen LogP contribution in [-0.4, -0.2) is 88.1 Å². The normalized spacial score (nSPS) is 30.0. The lowest BCUT2D eigenvalue weighted by atomic mass is 10.1. The average Bonchev–Trinajstić information content (AvgIpc) is 2.39. The Morgan fingerprint density at radius 3 is 2.40 bits per heavy atom. The van der Waals surface area contributed by atoms with Crippen molar-refractivity contribution in [2.75, 3.05) is 66.1 Å². The quantitative estimate of drug-likeness (QED) is 0.758. The van der Waals surface area contributed by atoms with Crippen molar-refractivity contribution in [2.45, 2.75) is 26.1 Å². The maximum absolute atomic E-state index is 5.95. The van der Waals surface area contributed by atoms with Crippen LogP contribution in [0.1, 0.15) is 13.8 Å². The average molecular weight is 285 g/mol. The van der Waals surface area contributed by atoms with Crippen LogP contribution in [0, 0.1) is 5.92 Å². The molecule has 2 unspecified atom stereocenters. The Morgan fingerprint density at radius 2 is 1.70 bits per heavy atom. The Balaban J connectivity index is 1.74. The first-order valence-corrected chi connectivity index (χ1v) is 8.00. The highest BCUT2D eigenvalue weighted by atomic mass is 16.5. The SMILES string of the molecule is CNCC1CN(CC2CN(CC(C)C)CCO2)CCO1. The van der Waals surface area contributed by atoms with E-state index in [2.05, 4.69) is 29.0 Å². The Morgan fingerprint density at radius 1 is 1.05 bits per heavy atom. The molecule has 5 nitrogen and oxygen atoms in total. The largest absolute Gasteiger partial charge is 0.374 e. The van der Waals surface area contributed by atoms with E-state index in [-0.39, 0.29) is 0 Å². The monoisotopic (exact) mass is 285 g/mol. The summed E-state index contributed by atoms with van der Waals surface area (Å²) in [5, 5.41) is 3.20. The molecule has 2 fully saturated rings. The molecule has 0 bridgehead atoms. The highest BCUT2D eigenvalue weighted by Gasteiger charge is 2.26. The molecule has 2 aliphatic rings. The van der Waals surface area contributed by atoms with E-state index in [1.165, 1.54) is 6.54 Å². The van der Waals surface area contributed by atoms with Gasteiger partial charge in [0.1, 0.15) is 0 Å². The number of nitrogens with zero attached hydrogens (tertiary/aromatic N) is 2. The molecule has 0 radical (unpaired) electrons. The van der Waals surface area contributed by atoms with Gasteiger partial charge in [-0.1, -0.05) is 13.8 Å². The van der Waals surface area contributed by atoms with Gasteiger partial charge < -0.3 is 14.8 Å². The van der Waals surface area contributed by atoms with Gasteiger partial charge in [-0.2, -0.15) is 0 Å². The van der Waals surface area contributed by atoms with Crippen LogP contribution < -0.4 is 5.32 Å². The van der Waals surface area contributed by atoms with Gasteiger partial charge in [0.2, 0.25) is 0 Å². The third-order valence-electron chi connectivity index (χ3n) is 3.96. The highest BCUT2D eigenvalue weighted by molar-refractivity contribution is 4.79. The van der Waals surface area contributed by atoms with Crippen molar-refractivity contribution >= 4 is 0 Å². The van der Waals surface area contributed by atoms with Crippen LogP contribution in [0.2, 0.25) is 0 Å². The Hall–Kier alpha value is -0.200. The Bertz CT molecular complexity index is 274. The van der Waals surface area contributed by atoms with Crippen LogP contribution in [0.4, 0.5) is 0 Å². The van der Waals surface area contributed by atoms with Gasteiger partial charge >= 0.3 is 0 Å². The van der Waals surface area contributed by atoms with E-state index >= 15 is 0 Å². The number of ether oxygens (including phenoxy) is 2. The van der Waals surface area contributed by atoms with Gasteiger partial charge in [0.15, 0.2) is 0 Å². The second kappa shape index (κ2) is 8.29. The lowest BCUT2D eigenvalue weighted by Crippen LogP contribution is -2.52. The first-order valence-electron chi connectivity index (χ1n) is 8.00. The molecule has 118 valence electrons. The maximum Gasteiger partial charge on any atom is 0.0829 e. The van der Waals surface area contributed by atoms with Gasteiger partial charge in [-0.15, -0.1) is 0 Å². The van der Waals surface area contributed by atoms with Crippen molar-refractivity contribution in [1.82, 2.24) is 15.1 Å². The predicted octanol–water partition coefficient (Wildman–Crippen LogP) is 0.263. The molecule has 0 saturated carbocycles. The summed E-state index contributed by atoms with van der Waals surface area (Å²) >= 11 is 0. The van der Waals surface area contributed by atoms with E-state index in [0.717, 1.165) is 58.4 Å². The minimum atomic E-state index is 0.323. The molecular formula is C15H31N3O2. The summed E-state index contributed by atoms with van der Waals surface area (Å²) in [6, 6.07) is 0. The molecule has 0 amide bonds. The molecule has 2 heterocycles. The standard InChI is InChI=1S/C15H31N3O2/c1-13(2)9-17-4-7-20-15(11-17)12-18-5-6-19-14(10-18)8-16-3/h13-16H,4-12H2,1-3H3. The Kier molecular flexibility index (Phi) is 6.71. The molecule has 0 spiro atoms. The molecule has 0 aliphatic carbocycles. The summed E-state index contributed by atoms with van der Waals surface area (Å²) in [4.78, 5) is 5.04. The molecule has 5 heteroatoms. The van der Waals surface area contributed by atoms with E-state index in [4.69, 9.17) is 9.47 Å². The first-order chi connectivity index (χ1) is 9.67. The van der Waals surface area contributed by atoms with E-state index in [1.807, 2.05) is 7.05 Å². The van der Waals surface area contributed by atoms with E-state index in [0.29, 0.717) is 12.2 Å². The topological polar surface area (TPSA) is 37.0 Å². The smallest absolute Gasteiger partial charge is 0.0829 e. The first kappa shape index (κ1) is 16.2. The molecule has 2 aliphatic heterocycles. The van der Waals surface area contributed by atoms with E-state index in [1.54, 1.807) is 0 Å². The van der Waals surface area contributed by atoms with Gasteiger partial charge in [-0.25, -0.2) is 0 Å². The fraction of sp³-hybridized carbons (Fsp3) is 1.00. The van der Waals surface area contributed by atoms with Gasteiger partial charge in [0.05, 0.1) is 25.4 Å². The summed E-state index contributed by atoms with van der Waals surface area (Å²) < 4.78 is 11.7. The summed E-state index contributed by atoms with van der Waals surface area (Å²) in [5.41, 5.74) is 0. The van der Waals surface area contributed by atoms with Crippen molar-refractivity contribution in [1.29, 1.82) is 0 Å². The number of likely N-dealkylation sites (N-methyl/N-ethyl adjacent to an activating group) is 1. The fourth-order valence-electron chi connectivity index (χ4n) is 3.16. The molecule has 2 saturated heterocycles. The second-order valence-corrected chi connectivity index (χ2v) is 6.46. The Labute approximate surface area is 123 Å². The molecule has 20 heavy (non-hydrogen) atoms.